The SMILES string of the molecule is CCOC(=O)c1c(C)cc2c(-c3ccccc3S(C)(=O)=O)n[nH]c(=O)c2c1C. The highest BCUT2D eigenvalue weighted by molar-refractivity contribution is 7.90. The number of H-pyrrole nitrogens is 1. The molecule has 0 saturated carbocycles. The Labute approximate surface area is 162 Å². The van der Waals surface area contributed by atoms with Gasteiger partial charge in [-0.3, -0.25) is 4.79 Å². The van der Waals surface area contributed by atoms with Crippen molar-refractivity contribution in [3.63, 3.8) is 0 Å². The highest BCUT2D eigenvalue weighted by Crippen LogP contribution is 2.33. The number of aromatic amines is 1. The molecule has 0 amide bonds. The number of esters is 1. The lowest BCUT2D eigenvalue weighted by atomic mass is 9.94. The molecule has 0 aliphatic carbocycles. The third-order valence-electron chi connectivity index (χ3n) is 4.55. The quantitative estimate of drug-likeness (QED) is 0.675. The number of aryl methyl sites for hydroxylation is 2. The fourth-order valence-corrected chi connectivity index (χ4v) is 4.28. The van der Waals surface area contributed by atoms with Crippen molar-refractivity contribution in [2.45, 2.75) is 25.7 Å². The van der Waals surface area contributed by atoms with Crippen LogP contribution in [-0.2, 0) is 14.6 Å². The fourth-order valence-electron chi connectivity index (χ4n) is 3.39. The molecule has 28 heavy (non-hydrogen) atoms. The number of sulfone groups is 1. The van der Waals surface area contributed by atoms with E-state index in [1.165, 1.54) is 6.07 Å². The number of hydrogen-bond acceptors (Lipinski definition) is 6. The van der Waals surface area contributed by atoms with Crippen molar-refractivity contribution in [3.8, 4) is 11.3 Å². The van der Waals surface area contributed by atoms with Gasteiger partial charge in [0.1, 0.15) is 0 Å². The Morgan fingerprint density at radius 2 is 1.89 bits per heavy atom. The summed E-state index contributed by atoms with van der Waals surface area (Å²) in [6.45, 7) is 5.34. The minimum absolute atomic E-state index is 0.112. The van der Waals surface area contributed by atoms with Crippen LogP contribution in [0.1, 0.15) is 28.4 Å². The molecule has 3 aromatic rings. The van der Waals surface area contributed by atoms with Crippen LogP contribution in [0.25, 0.3) is 22.0 Å². The van der Waals surface area contributed by atoms with Crippen molar-refractivity contribution < 1.29 is 17.9 Å². The molecule has 1 heterocycles. The molecule has 8 heteroatoms. The molecule has 0 radical (unpaired) electrons. The van der Waals surface area contributed by atoms with Crippen molar-refractivity contribution in [2.24, 2.45) is 0 Å². The number of carbonyl (C=O) groups excluding carboxylic acids is 1. The molecular formula is C20H20N2O5S. The number of nitrogens with one attached hydrogen (secondary N) is 1. The Bertz CT molecular complexity index is 1260. The van der Waals surface area contributed by atoms with Gasteiger partial charge in [-0.15, -0.1) is 0 Å². The molecule has 0 aliphatic rings. The van der Waals surface area contributed by atoms with Crippen LogP contribution < -0.4 is 5.56 Å². The number of ether oxygens (including phenoxy) is 1. The van der Waals surface area contributed by atoms with Gasteiger partial charge >= 0.3 is 5.97 Å². The van der Waals surface area contributed by atoms with Gasteiger partial charge in [-0.1, -0.05) is 18.2 Å². The van der Waals surface area contributed by atoms with Crippen molar-refractivity contribution in [1.29, 1.82) is 0 Å². The lowest BCUT2D eigenvalue weighted by Crippen LogP contribution is -2.16. The van der Waals surface area contributed by atoms with Crippen LogP contribution in [0, 0.1) is 13.8 Å². The molecule has 1 aromatic heterocycles. The summed E-state index contributed by atoms with van der Waals surface area (Å²) in [5.41, 5.74) is 1.67. The van der Waals surface area contributed by atoms with Crippen molar-refractivity contribution in [3.05, 3.63) is 57.4 Å². The number of benzene rings is 2. The van der Waals surface area contributed by atoms with E-state index in [1.54, 1.807) is 45.0 Å². The Kier molecular flexibility index (Phi) is 5.08. The number of carbonyl (C=O) groups is 1. The lowest BCUT2D eigenvalue weighted by molar-refractivity contribution is 0.0525. The van der Waals surface area contributed by atoms with Gasteiger partial charge < -0.3 is 4.74 Å². The maximum atomic E-state index is 12.5. The van der Waals surface area contributed by atoms with Crippen molar-refractivity contribution in [2.75, 3.05) is 12.9 Å². The molecule has 0 saturated heterocycles. The van der Waals surface area contributed by atoms with Gasteiger partial charge in [-0.05, 0) is 44.0 Å². The van der Waals surface area contributed by atoms with Crippen LogP contribution >= 0.6 is 0 Å². The minimum Gasteiger partial charge on any atom is -0.462 e. The van der Waals surface area contributed by atoms with E-state index in [9.17, 15) is 18.0 Å². The molecule has 1 N–H and O–H groups in total. The normalized spacial score (nSPS) is 11.6. The first-order chi connectivity index (χ1) is 13.2. The van der Waals surface area contributed by atoms with E-state index < -0.39 is 21.4 Å². The number of rotatable bonds is 4. The highest BCUT2D eigenvalue weighted by Gasteiger charge is 2.22. The molecule has 0 fully saturated rings. The molecule has 3 rings (SSSR count). The summed E-state index contributed by atoms with van der Waals surface area (Å²) < 4.78 is 29.5. The highest BCUT2D eigenvalue weighted by atomic mass is 32.2. The monoisotopic (exact) mass is 400 g/mol. The van der Waals surface area contributed by atoms with Crippen molar-refractivity contribution >= 4 is 26.6 Å². The van der Waals surface area contributed by atoms with Crippen LogP contribution in [0.5, 0.6) is 0 Å². The molecule has 0 spiro atoms. The molecule has 146 valence electrons. The van der Waals surface area contributed by atoms with Gasteiger partial charge in [0.15, 0.2) is 9.84 Å². The summed E-state index contributed by atoms with van der Waals surface area (Å²) in [5, 5.41) is 7.31. The largest absolute Gasteiger partial charge is 0.462 e. The zero-order valence-electron chi connectivity index (χ0n) is 16.0. The predicted octanol–water partition coefficient (Wildman–Crippen LogP) is 2.79. The van der Waals surface area contributed by atoms with Gasteiger partial charge in [0, 0.05) is 17.2 Å². The van der Waals surface area contributed by atoms with E-state index in [2.05, 4.69) is 10.2 Å². The first kappa shape index (κ1) is 19.8. The van der Waals surface area contributed by atoms with E-state index in [0.717, 1.165) is 6.26 Å². The second-order valence-corrected chi connectivity index (χ2v) is 8.49. The van der Waals surface area contributed by atoms with E-state index in [4.69, 9.17) is 4.74 Å². The van der Waals surface area contributed by atoms with E-state index in [0.29, 0.717) is 33.3 Å². The summed E-state index contributed by atoms with van der Waals surface area (Å²) in [6, 6.07) is 8.14. The number of nitrogens with zero attached hydrogens (tertiary/aromatic N) is 1. The maximum absolute atomic E-state index is 12.5. The maximum Gasteiger partial charge on any atom is 0.338 e. The molecule has 7 nitrogen and oxygen atoms in total. The Morgan fingerprint density at radius 1 is 1.21 bits per heavy atom. The Morgan fingerprint density at radius 3 is 2.54 bits per heavy atom. The molecule has 0 unspecified atom stereocenters. The molecule has 2 aromatic carbocycles. The summed E-state index contributed by atoms with van der Waals surface area (Å²) in [6.07, 6.45) is 1.12. The second-order valence-electron chi connectivity index (χ2n) is 6.51. The zero-order chi connectivity index (χ0) is 20.6. The summed E-state index contributed by atoms with van der Waals surface area (Å²) in [7, 11) is -3.52. The van der Waals surface area contributed by atoms with Crippen LogP contribution in [0.4, 0.5) is 0 Å². The summed E-state index contributed by atoms with van der Waals surface area (Å²) in [4.78, 5) is 25.0. The van der Waals surface area contributed by atoms with Crippen molar-refractivity contribution in [1.82, 2.24) is 10.2 Å². The Hall–Kier alpha value is -3.00. The average molecular weight is 400 g/mol. The Balaban J connectivity index is 2.43. The second kappa shape index (κ2) is 7.20. The molecule has 0 aliphatic heterocycles. The predicted molar refractivity (Wildman–Crippen MR) is 106 cm³/mol. The van der Waals surface area contributed by atoms with Gasteiger partial charge in [0.05, 0.1) is 28.1 Å². The average Bonchev–Trinajstić information content (AvgIpc) is 2.61. The van der Waals surface area contributed by atoms with Gasteiger partial charge in [-0.2, -0.15) is 5.10 Å². The minimum atomic E-state index is -3.52. The van der Waals surface area contributed by atoms with E-state index in [1.807, 2.05) is 0 Å². The first-order valence-corrected chi connectivity index (χ1v) is 10.5. The van der Waals surface area contributed by atoms with Crippen LogP contribution in [-0.4, -0.2) is 37.4 Å². The lowest BCUT2D eigenvalue weighted by Gasteiger charge is -2.14. The third kappa shape index (κ3) is 3.31. The molecular weight excluding hydrogens is 380 g/mol. The van der Waals surface area contributed by atoms with Gasteiger partial charge in [0.25, 0.3) is 5.56 Å². The first-order valence-electron chi connectivity index (χ1n) is 8.66. The topological polar surface area (TPSA) is 106 Å². The van der Waals surface area contributed by atoms with Crippen LogP contribution in [0.15, 0.2) is 40.0 Å². The van der Waals surface area contributed by atoms with E-state index in [-0.39, 0.29) is 16.9 Å². The smallest absolute Gasteiger partial charge is 0.338 e. The molecule has 0 atom stereocenters. The van der Waals surface area contributed by atoms with E-state index >= 15 is 0 Å². The molecule has 0 bridgehead atoms. The van der Waals surface area contributed by atoms with Crippen LogP contribution in [0.3, 0.4) is 0 Å². The third-order valence-corrected chi connectivity index (χ3v) is 5.70. The van der Waals surface area contributed by atoms with Gasteiger partial charge in [0.2, 0.25) is 0 Å². The summed E-state index contributed by atoms with van der Waals surface area (Å²) >= 11 is 0. The zero-order valence-corrected chi connectivity index (χ0v) is 16.8. The van der Waals surface area contributed by atoms with Crippen LogP contribution in [0.2, 0.25) is 0 Å². The standard InChI is InChI=1S/C20H20N2O5S/c1-5-27-20(24)16-11(2)10-14-17(12(16)3)19(23)22-21-18(14)13-8-6-7-9-15(13)28(4,25)26/h6-10H,5H2,1-4H3,(H,22,23). The number of aromatic nitrogens is 2. The number of fused-ring (bicyclic) bond motifs is 1. The number of hydrogen-bond donors (Lipinski definition) is 1. The fraction of sp³-hybridized carbons (Fsp3) is 0.250. The summed E-state index contributed by atoms with van der Waals surface area (Å²) in [5.74, 6) is -0.506. The van der Waals surface area contributed by atoms with Gasteiger partial charge in [-0.25, -0.2) is 18.3 Å².